The summed E-state index contributed by atoms with van der Waals surface area (Å²) < 4.78 is 0. The zero-order valence-corrected chi connectivity index (χ0v) is 23.3. The lowest BCUT2D eigenvalue weighted by Crippen LogP contribution is -2.18. The zero-order valence-electron chi connectivity index (χ0n) is 21.7. The molecule has 0 bridgehead atoms. The number of aromatic nitrogens is 1. The first-order valence-electron chi connectivity index (χ1n) is 12.2. The summed E-state index contributed by atoms with van der Waals surface area (Å²) >= 11 is 2.64. The van der Waals surface area contributed by atoms with Gasteiger partial charge < -0.3 is 10.6 Å². The van der Waals surface area contributed by atoms with Gasteiger partial charge in [-0.25, -0.2) is 4.98 Å². The van der Waals surface area contributed by atoms with Crippen molar-refractivity contribution in [2.75, 3.05) is 16.4 Å². The number of amides is 2. The van der Waals surface area contributed by atoms with Gasteiger partial charge in [-0.05, 0) is 54.5 Å². The molecule has 0 saturated carbocycles. The molecule has 38 heavy (non-hydrogen) atoms. The molecule has 0 fully saturated rings. The minimum absolute atomic E-state index is 0.0758. The Bertz CT molecular complexity index is 1510. The van der Waals surface area contributed by atoms with Crippen LogP contribution in [0, 0.1) is 25.2 Å². The van der Waals surface area contributed by atoms with E-state index in [0.717, 1.165) is 21.7 Å². The van der Waals surface area contributed by atoms with Crippen molar-refractivity contribution < 1.29 is 9.59 Å². The fraction of sp³-hybridized carbons (Fsp3) is 0.200. The van der Waals surface area contributed by atoms with Gasteiger partial charge in [0.25, 0.3) is 5.91 Å². The number of carbonyl (C=O) groups excluding carboxylic acids is 2. The molecule has 6 nitrogen and oxygen atoms in total. The Labute approximate surface area is 231 Å². The molecule has 0 aliphatic carbocycles. The molecular weight excluding hydrogens is 512 g/mol. The van der Waals surface area contributed by atoms with Crippen LogP contribution in [0.3, 0.4) is 0 Å². The average molecular weight is 541 g/mol. The summed E-state index contributed by atoms with van der Waals surface area (Å²) in [4.78, 5) is 31.8. The summed E-state index contributed by atoms with van der Waals surface area (Å²) in [6.07, 6.45) is 0. The van der Waals surface area contributed by atoms with Crippen LogP contribution < -0.4 is 10.6 Å². The number of carbonyl (C=O) groups is 2. The summed E-state index contributed by atoms with van der Waals surface area (Å²) in [5.74, 6) is -0.184. The van der Waals surface area contributed by atoms with Gasteiger partial charge in [0.15, 0.2) is 0 Å². The van der Waals surface area contributed by atoms with Gasteiger partial charge in [0.1, 0.15) is 11.1 Å². The quantitative estimate of drug-likeness (QED) is 0.227. The molecule has 0 spiro atoms. The lowest BCUT2D eigenvalue weighted by atomic mass is 9.98. The van der Waals surface area contributed by atoms with Crippen LogP contribution in [0.15, 0.2) is 71.1 Å². The van der Waals surface area contributed by atoms with Crippen molar-refractivity contribution in [2.45, 2.75) is 38.6 Å². The van der Waals surface area contributed by atoms with E-state index in [1.165, 1.54) is 23.1 Å². The van der Waals surface area contributed by atoms with Crippen molar-refractivity contribution in [3.05, 3.63) is 94.0 Å². The molecule has 0 aliphatic heterocycles. The molecule has 2 N–H and O–H groups in total. The zero-order chi connectivity index (χ0) is 27.2. The predicted molar refractivity (Wildman–Crippen MR) is 156 cm³/mol. The van der Waals surface area contributed by atoms with Gasteiger partial charge in [-0.2, -0.15) is 5.26 Å². The Morgan fingerprint density at radius 2 is 1.79 bits per heavy atom. The van der Waals surface area contributed by atoms with Gasteiger partial charge in [0, 0.05) is 21.8 Å². The highest BCUT2D eigenvalue weighted by atomic mass is 32.2. The standard InChI is InChI=1S/C30H28N4O2S2/c1-18(2)22-13-8-10-19(3)28(22)34-25(35)17-38-30-23(16-31)27(24-14-9-15-37-24)26(20(4)32-30)29(36)33-21-11-6-5-7-12-21/h5-15,18H,17H2,1-4H3,(H,33,36)(H,34,35). The maximum Gasteiger partial charge on any atom is 0.258 e. The van der Waals surface area contributed by atoms with Gasteiger partial charge in [-0.3, -0.25) is 9.59 Å². The Balaban J connectivity index is 1.66. The van der Waals surface area contributed by atoms with Crippen molar-refractivity contribution in [3.63, 3.8) is 0 Å². The number of hydrogen-bond donors (Lipinski definition) is 2. The normalized spacial score (nSPS) is 10.7. The van der Waals surface area contributed by atoms with Crippen LogP contribution in [0.5, 0.6) is 0 Å². The molecule has 4 rings (SSSR count). The van der Waals surface area contributed by atoms with Crippen LogP contribution in [-0.2, 0) is 4.79 Å². The molecule has 192 valence electrons. The van der Waals surface area contributed by atoms with Crippen LogP contribution in [0.4, 0.5) is 11.4 Å². The molecule has 4 aromatic rings. The number of para-hydroxylation sites is 2. The number of hydrogen-bond acceptors (Lipinski definition) is 6. The number of nitriles is 1. The molecule has 0 unspecified atom stereocenters. The highest BCUT2D eigenvalue weighted by Gasteiger charge is 2.25. The third kappa shape index (κ3) is 5.96. The molecule has 0 aliphatic rings. The third-order valence-electron chi connectivity index (χ3n) is 6.01. The maximum absolute atomic E-state index is 13.4. The number of rotatable bonds is 8. The van der Waals surface area contributed by atoms with Crippen molar-refractivity contribution in [2.24, 2.45) is 0 Å². The second-order valence-corrected chi connectivity index (χ2v) is 11.0. The van der Waals surface area contributed by atoms with E-state index in [-0.39, 0.29) is 29.0 Å². The first-order chi connectivity index (χ1) is 18.3. The monoisotopic (exact) mass is 540 g/mol. The molecule has 2 aromatic carbocycles. The topological polar surface area (TPSA) is 94.9 Å². The lowest BCUT2D eigenvalue weighted by Gasteiger charge is -2.17. The number of anilines is 2. The van der Waals surface area contributed by atoms with Gasteiger partial charge in [-0.15, -0.1) is 11.3 Å². The van der Waals surface area contributed by atoms with Gasteiger partial charge in [0.05, 0.1) is 22.6 Å². The fourth-order valence-electron chi connectivity index (χ4n) is 4.20. The highest BCUT2D eigenvalue weighted by molar-refractivity contribution is 8.00. The maximum atomic E-state index is 13.4. The van der Waals surface area contributed by atoms with Crippen molar-refractivity contribution in [3.8, 4) is 16.5 Å². The molecule has 2 amide bonds. The minimum atomic E-state index is -0.337. The first kappa shape index (κ1) is 27.1. The summed E-state index contributed by atoms with van der Waals surface area (Å²) in [7, 11) is 0. The summed E-state index contributed by atoms with van der Waals surface area (Å²) in [5, 5.41) is 18.5. The average Bonchev–Trinajstić information content (AvgIpc) is 3.43. The van der Waals surface area contributed by atoms with E-state index < -0.39 is 0 Å². The van der Waals surface area contributed by atoms with E-state index in [0.29, 0.717) is 27.5 Å². The Morgan fingerprint density at radius 1 is 1.03 bits per heavy atom. The summed E-state index contributed by atoms with van der Waals surface area (Å²) in [6.45, 7) is 7.91. The van der Waals surface area contributed by atoms with E-state index >= 15 is 0 Å². The van der Waals surface area contributed by atoms with Gasteiger partial charge in [-0.1, -0.05) is 68.1 Å². The lowest BCUT2D eigenvalue weighted by molar-refractivity contribution is -0.113. The Morgan fingerprint density at radius 3 is 2.45 bits per heavy atom. The van der Waals surface area contributed by atoms with Gasteiger partial charge >= 0.3 is 0 Å². The molecule has 0 saturated heterocycles. The SMILES string of the molecule is Cc1cccc(C(C)C)c1NC(=O)CSc1nc(C)c(C(=O)Nc2ccccc2)c(-c2cccs2)c1C#N. The van der Waals surface area contributed by atoms with Crippen molar-refractivity contribution >= 4 is 46.3 Å². The minimum Gasteiger partial charge on any atom is -0.325 e. The first-order valence-corrected chi connectivity index (χ1v) is 14.0. The van der Waals surface area contributed by atoms with Crippen LogP contribution >= 0.6 is 23.1 Å². The van der Waals surface area contributed by atoms with E-state index in [1.807, 2.05) is 60.8 Å². The second kappa shape index (κ2) is 12.1. The Kier molecular flexibility index (Phi) is 8.62. The molecule has 8 heteroatoms. The largest absolute Gasteiger partial charge is 0.325 e. The van der Waals surface area contributed by atoms with E-state index in [4.69, 9.17) is 0 Å². The molecule has 0 atom stereocenters. The number of thiophene rings is 1. The Hall–Kier alpha value is -3.93. The number of nitrogens with one attached hydrogen (secondary N) is 2. The summed E-state index contributed by atoms with van der Waals surface area (Å²) in [6, 6.07) is 21.2. The third-order valence-corrected chi connectivity index (χ3v) is 7.88. The van der Waals surface area contributed by atoms with Crippen LogP contribution in [0.1, 0.15) is 52.5 Å². The summed E-state index contributed by atoms with van der Waals surface area (Å²) in [5.41, 5.74) is 5.21. The molecule has 0 radical (unpaired) electrons. The fourth-order valence-corrected chi connectivity index (χ4v) is 5.81. The number of thioether (sulfide) groups is 1. The van der Waals surface area contributed by atoms with Gasteiger partial charge in [0.2, 0.25) is 5.91 Å². The number of benzene rings is 2. The van der Waals surface area contributed by atoms with Crippen molar-refractivity contribution in [1.82, 2.24) is 4.98 Å². The van der Waals surface area contributed by atoms with Crippen molar-refractivity contribution in [1.29, 1.82) is 5.26 Å². The van der Waals surface area contributed by atoms with E-state index in [1.54, 1.807) is 19.1 Å². The molecular formula is C30H28N4O2S2. The van der Waals surface area contributed by atoms with E-state index in [9.17, 15) is 14.9 Å². The van der Waals surface area contributed by atoms with Crippen LogP contribution in [0.25, 0.3) is 10.4 Å². The van der Waals surface area contributed by atoms with Crippen LogP contribution in [-0.4, -0.2) is 22.6 Å². The molecule has 2 aromatic heterocycles. The smallest absolute Gasteiger partial charge is 0.258 e. The second-order valence-electron chi connectivity index (χ2n) is 9.07. The predicted octanol–water partition coefficient (Wildman–Crippen LogP) is 7.41. The number of nitrogens with zero attached hydrogens (tertiary/aromatic N) is 2. The highest BCUT2D eigenvalue weighted by Crippen LogP contribution is 2.37. The number of pyridine rings is 1. The van der Waals surface area contributed by atoms with E-state index in [2.05, 4.69) is 35.5 Å². The number of aryl methyl sites for hydroxylation is 2. The van der Waals surface area contributed by atoms with Crippen LogP contribution in [0.2, 0.25) is 0 Å². The molecule has 2 heterocycles.